The van der Waals surface area contributed by atoms with E-state index in [-0.39, 0.29) is 12.5 Å². The third-order valence-corrected chi connectivity index (χ3v) is 4.74. The fraction of sp³-hybridized carbons (Fsp3) is 0.250. The van der Waals surface area contributed by atoms with Crippen LogP contribution in [-0.2, 0) is 14.3 Å². The van der Waals surface area contributed by atoms with E-state index in [0.717, 1.165) is 27.2 Å². The van der Waals surface area contributed by atoms with E-state index in [0.29, 0.717) is 0 Å². The normalized spacial score (nSPS) is 13.3. The number of carboxylic acids is 1. The van der Waals surface area contributed by atoms with Crippen molar-refractivity contribution in [3.8, 4) is 11.1 Å². The number of aliphatic carboxylic acids is 1. The van der Waals surface area contributed by atoms with Crippen LogP contribution in [0.15, 0.2) is 48.5 Å². The SMILES string of the molecule is CNC(=O)C(C(=O)O)N(C)C(=O)OCC1c2ccccc2-c2ccccc21. The molecule has 0 saturated carbocycles. The zero-order valence-electron chi connectivity index (χ0n) is 15.0. The van der Waals surface area contributed by atoms with Crippen LogP contribution in [0.4, 0.5) is 4.79 Å². The van der Waals surface area contributed by atoms with Gasteiger partial charge >= 0.3 is 12.1 Å². The van der Waals surface area contributed by atoms with Crippen molar-refractivity contribution in [2.45, 2.75) is 12.0 Å². The Hall–Kier alpha value is -3.35. The summed E-state index contributed by atoms with van der Waals surface area (Å²) in [6, 6.07) is 14.1. The molecule has 1 unspecified atom stereocenters. The lowest BCUT2D eigenvalue weighted by atomic mass is 9.98. The van der Waals surface area contributed by atoms with Crippen LogP contribution in [0, 0.1) is 0 Å². The molecule has 0 spiro atoms. The maximum atomic E-state index is 12.4. The summed E-state index contributed by atoms with van der Waals surface area (Å²) in [7, 11) is 2.54. The zero-order chi connectivity index (χ0) is 19.6. The first-order valence-corrected chi connectivity index (χ1v) is 8.48. The van der Waals surface area contributed by atoms with Crippen molar-refractivity contribution in [3.63, 3.8) is 0 Å². The van der Waals surface area contributed by atoms with Crippen molar-refractivity contribution >= 4 is 18.0 Å². The summed E-state index contributed by atoms with van der Waals surface area (Å²) in [5.41, 5.74) is 4.29. The van der Waals surface area contributed by atoms with Crippen molar-refractivity contribution in [2.24, 2.45) is 0 Å². The maximum absolute atomic E-state index is 12.4. The van der Waals surface area contributed by atoms with Crippen LogP contribution in [0.2, 0.25) is 0 Å². The Morgan fingerprint density at radius 2 is 1.59 bits per heavy atom. The largest absolute Gasteiger partial charge is 0.479 e. The molecule has 0 fully saturated rings. The molecule has 2 amide bonds. The molecule has 27 heavy (non-hydrogen) atoms. The monoisotopic (exact) mass is 368 g/mol. The second-order valence-electron chi connectivity index (χ2n) is 6.27. The van der Waals surface area contributed by atoms with Crippen LogP contribution in [0.3, 0.4) is 0 Å². The number of fused-ring (bicyclic) bond motifs is 3. The van der Waals surface area contributed by atoms with Gasteiger partial charge in [-0.2, -0.15) is 0 Å². The summed E-state index contributed by atoms with van der Waals surface area (Å²) in [5.74, 6) is -2.36. The van der Waals surface area contributed by atoms with Gasteiger partial charge in [-0.15, -0.1) is 0 Å². The fourth-order valence-electron chi connectivity index (χ4n) is 3.39. The summed E-state index contributed by atoms with van der Waals surface area (Å²) in [6.45, 7) is 0.0529. The Labute approximate surface area is 156 Å². The molecule has 7 heteroatoms. The molecule has 0 bridgehead atoms. The second kappa shape index (κ2) is 7.49. The summed E-state index contributed by atoms with van der Waals surface area (Å²) in [6.07, 6.45) is -0.868. The van der Waals surface area contributed by atoms with Crippen LogP contribution in [-0.4, -0.2) is 54.7 Å². The minimum absolute atomic E-state index is 0.0529. The zero-order valence-corrected chi connectivity index (χ0v) is 15.0. The Morgan fingerprint density at radius 3 is 2.07 bits per heavy atom. The van der Waals surface area contributed by atoms with Crippen molar-refractivity contribution in [1.82, 2.24) is 10.2 Å². The average Bonchev–Trinajstić information content (AvgIpc) is 2.99. The van der Waals surface area contributed by atoms with Gasteiger partial charge in [-0.1, -0.05) is 48.5 Å². The topological polar surface area (TPSA) is 95.9 Å². The number of carbonyl (C=O) groups is 3. The minimum Gasteiger partial charge on any atom is -0.479 e. The van der Waals surface area contributed by atoms with Gasteiger partial charge in [0.2, 0.25) is 6.04 Å². The number of likely N-dealkylation sites (N-methyl/N-ethyl adjacent to an activating group) is 2. The lowest BCUT2D eigenvalue weighted by Crippen LogP contribution is -2.51. The maximum Gasteiger partial charge on any atom is 0.410 e. The van der Waals surface area contributed by atoms with Crippen molar-refractivity contribution in [1.29, 1.82) is 0 Å². The van der Waals surface area contributed by atoms with Crippen LogP contribution in [0.1, 0.15) is 17.0 Å². The molecule has 1 aliphatic rings. The summed E-state index contributed by atoms with van der Waals surface area (Å²) >= 11 is 0. The smallest absolute Gasteiger partial charge is 0.410 e. The van der Waals surface area contributed by atoms with E-state index in [4.69, 9.17) is 4.74 Å². The van der Waals surface area contributed by atoms with Crippen LogP contribution in [0.5, 0.6) is 0 Å². The van der Waals surface area contributed by atoms with E-state index in [2.05, 4.69) is 5.32 Å². The highest BCUT2D eigenvalue weighted by atomic mass is 16.6. The first kappa shape index (κ1) is 18.4. The number of carboxylic acid groups (broad SMARTS) is 1. The second-order valence-corrected chi connectivity index (χ2v) is 6.27. The lowest BCUT2D eigenvalue weighted by Gasteiger charge is -2.24. The van der Waals surface area contributed by atoms with Gasteiger partial charge in [-0.05, 0) is 22.3 Å². The Kier molecular flexibility index (Phi) is 5.12. The number of benzene rings is 2. The minimum atomic E-state index is -1.65. The van der Waals surface area contributed by atoms with Crippen molar-refractivity contribution < 1.29 is 24.2 Å². The molecule has 7 nitrogen and oxygen atoms in total. The Bertz CT molecular complexity index is 850. The summed E-state index contributed by atoms with van der Waals surface area (Å²) in [4.78, 5) is 36.2. The van der Waals surface area contributed by atoms with Gasteiger partial charge in [0.25, 0.3) is 5.91 Å². The predicted molar refractivity (Wildman–Crippen MR) is 98.3 cm³/mol. The van der Waals surface area contributed by atoms with Crippen LogP contribution in [0.25, 0.3) is 11.1 Å². The highest BCUT2D eigenvalue weighted by Crippen LogP contribution is 2.44. The molecular formula is C20H20N2O5. The number of hydrogen-bond donors (Lipinski definition) is 2. The molecule has 1 aliphatic carbocycles. The van der Waals surface area contributed by atoms with Crippen molar-refractivity contribution in [2.75, 3.05) is 20.7 Å². The highest BCUT2D eigenvalue weighted by Gasteiger charge is 2.35. The standard InChI is InChI=1S/C20H20N2O5/c1-21-18(23)17(19(24)25)22(2)20(26)27-11-16-14-9-5-3-7-12(14)13-8-4-6-10-15(13)16/h3-10,16-17H,11H2,1-2H3,(H,21,23)(H,24,25). The first-order chi connectivity index (χ1) is 13.0. The van der Waals surface area contributed by atoms with Crippen molar-refractivity contribution in [3.05, 3.63) is 59.7 Å². The molecule has 3 rings (SSSR count). The molecule has 0 heterocycles. The highest BCUT2D eigenvalue weighted by molar-refractivity contribution is 6.03. The Balaban J connectivity index is 1.78. The van der Waals surface area contributed by atoms with E-state index in [9.17, 15) is 19.5 Å². The van der Waals surface area contributed by atoms with Gasteiger partial charge in [0, 0.05) is 20.0 Å². The molecule has 0 aliphatic heterocycles. The van der Waals surface area contributed by atoms with E-state index in [1.165, 1.54) is 14.1 Å². The van der Waals surface area contributed by atoms with E-state index in [1.807, 2.05) is 48.5 Å². The molecule has 2 aromatic rings. The molecule has 0 saturated heterocycles. The molecule has 2 aromatic carbocycles. The quantitative estimate of drug-likeness (QED) is 0.788. The van der Waals surface area contributed by atoms with E-state index < -0.39 is 24.0 Å². The lowest BCUT2D eigenvalue weighted by molar-refractivity contribution is -0.147. The molecule has 0 aromatic heterocycles. The summed E-state index contributed by atoms with van der Waals surface area (Å²) < 4.78 is 5.37. The average molecular weight is 368 g/mol. The van der Waals surface area contributed by atoms with Gasteiger partial charge < -0.3 is 15.2 Å². The Morgan fingerprint density at radius 1 is 1.07 bits per heavy atom. The molecule has 1 atom stereocenters. The van der Waals surface area contributed by atoms with E-state index in [1.54, 1.807) is 0 Å². The van der Waals surface area contributed by atoms with E-state index >= 15 is 0 Å². The fourth-order valence-corrected chi connectivity index (χ4v) is 3.39. The van der Waals surface area contributed by atoms with Gasteiger partial charge in [0.1, 0.15) is 6.61 Å². The number of nitrogens with one attached hydrogen (secondary N) is 1. The number of nitrogens with zero attached hydrogens (tertiary/aromatic N) is 1. The predicted octanol–water partition coefficient (Wildman–Crippen LogP) is 2.07. The molecular weight excluding hydrogens is 348 g/mol. The van der Waals surface area contributed by atoms with Gasteiger partial charge in [0.05, 0.1) is 0 Å². The van der Waals surface area contributed by atoms with Crippen LogP contribution < -0.4 is 5.32 Å². The summed E-state index contributed by atoms with van der Waals surface area (Å²) in [5, 5.41) is 11.5. The number of rotatable bonds is 5. The third kappa shape index (κ3) is 3.36. The molecule has 0 radical (unpaired) electrons. The van der Waals surface area contributed by atoms with Gasteiger partial charge in [-0.25, -0.2) is 9.59 Å². The third-order valence-electron chi connectivity index (χ3n) is 4.74. The first-order valence-electron chi connectivity index (χ1n) is 8.48. The number of carbonyl (C=O) groups excluding carboxylic acids is 2. The van der Waals surface area contributed by atoms with Crippen LogP contribution >= 0.6 is 0 Å². The molecule has 140 valence electrons. The van der Waals surface area contributed by atoms with Gasteiger partial charge in [-0.3, -0.25) is 9.69 Å². The number of hydrogen-bond acceptors (Lipinski definition) is 4. The number of ether oxygens (including phenoxy) is 1. The number of amides is 2. The molecule has 2 N–H and O–H groups in total. The van der Waals surface area contributed by atoms with Gasteiger partial charge in [0.15, 0.2) is 0 Å².